The maximum atomic E-state index is 12.3. The first-order chi connectivity index (χ1) is 11.9. The second kappa shape index (κ2) is 6.45. The number of carboxylic acid groups (broad SMARTS) is 1. The van der Waals surface area contributed by atoms with Gasteiger partial charge in [-0.2, -0.15) is 0 Å². The van der Waals surface area contributed by atoms with Gasteiger partial charge < -0.3 is 20.5 Å². The largest absolute Gasteiger partial charge is 0.505 e. The van der Waals surface area contributed by atoms with E-state index in [2.05, 4.69) is 15.3 Å². The fraction of sp³-hybridized carbons (Fsp3) is 0.118. The molecule has 0 aliphatic rings. The minimum absolute atomic E-state index is 0.233. The number of fused-ring (bicyclic) bond motifs is 1. The fourth-order valence-corrected chi connectivity index (χ4v) is 2.83. The Hall–Kier alpha value is -3.06. The normalized spacial score (nSPS) is 10.8. The minimum atomic E-state index is -1.20. The van der Waals surface area contributed by atoms with Gasteiger partial charge in [0.1, 0.15) is 6.54 Å². The number of hydrogen-bond acceptors (Lipinski definition) is 4. The first-order valence-corrected chi connectivity index (χ1v) is 7.73. The fourth-order valence-electron chi connectivity index (χ4n) is 2.59. The highest BCUT2D eigenvalue weighted by Crippen LogP contribution is 2.39. The van der Waals surface area contributed by atoms with Gasteiger partial charge in [0, 0.05) is 11.8 Å². The lowest BCUT2D eigenvalue weighted by atomic mass is 10.0. The van der Waals surface area contributed by atoms with E-state index in [4.69, 9.17) is 16.7 Å². The summed E-state index contributed by atoms with van der Waals surface area (Å²) in [7, 11) is 0. The molecule has 0 aliphatic carbocycles. The summed E-state index contributed by atoms with van der Waals surface area (Å²) < 4.78 is 0. The first kappa shape index (κ1) is 16.8. The molecular formula is C17H14ClN3O4. The molecule has 4 N–H and O–H groups in total. The summed E-state index contributed by atoms with van der Waals surface area (Å²) in [5.41, 5.74) is 2.33. The van der Waals surface area contributed by atoms with Crippen LogP contribution in [0.5, 0.6) is 5.75 Å². The number of aliphatic carboxylic acids is 1. The van der Waals surface area contributed by atoms with Crippen LogP contribution in [0, 0.1) is 6.92 Å². The molecule has 25 heavy (non-hydrogen) atoms. The van der Waals surface area contributed by atoms with Crippen molar-refractivity contribution < 1.29 is 19.8 Å². The summed E-state index contributed by atoms with van der Waals surface area (Å²) in [5.74, 6) is -2.40. The van der Waals surface area contributed by atoms with Gasteiger partial charge in [-0.25, -0.2) is 4.98 Å². The van der Waals surface area contributed by atoms with Crippen molar-refractivity contribution in [3.05, 3.63) is 46.7 Å². The van der Waals surface area contributed by atoms with Gasteiger partial charge >= 0.3 is 5.97 Å². The Balaban J connectivity index is 2.24. The van der Waals surface area contributed by atoms with Gasteiger partial charge in [-0.1, -0.05) is 35.9 Å². The number of carbonyl (C=O) groups is 2. The number of aromatic hydroxyl groups is 1. The highest BCUT2D eigenvalue weighted by atomic mass is 35.5. The molecule has 128 valence electrons. The van der Waals surface area contributed by atoms with Crippen LogP contribution < -0.4 is 5.32 Å². The highest BCUT2D eigenvalue weighted by Gasteiger charge is 2.23. The van der Waals surface area contributed by atoms with Crippen molar-refractivity contribution in [2.45, 2.75) is 6.92 Å². The number of nitrogens with one attached hydrogen (secondary N) is 2. The molecule has 0 saturated carbocycles. The topological polar surface area (TPSA) is 115 Å². The zero-order valence-electron chi connectivity index (χ0n) is 13.1. The van der Waals surface area contributed by atoms with Gasteiger partial charge in [-0.05, 0) is 12.5 Å². The Kier molecular flexibility index (Phi) is 4.33. The monoisotopic (exact) mass is 359 g/mol. The average Bonchev–Trinajstić information content (AvgIpc) is 2.96. The summed E-state index contributed by atoms with van der Waals surface area (Å²) in [6.07, 6.45) is 1.49. The highest BCUT2D eigenvalue weighted by molar-refractivity contribution is 6.36. The Labute approximate surface area is 147 Å². The van der Waals surface area contributed by atoms with E-state index in [1.165, 1.54) is 6.20 Å². The van der Waals surface area contributed by atoms with Crippen LogP contribution in [0.1, 0.15) is 16.1 Å². The van der Waals surface area contributed by atoms with Crippen molar-refractivity contribution in [2.24, 2.45) is 0 Å². The molecule has 1 aromatic carbocycles. The second-order valence-corrected chi connectivity index (χ2v) is 5.84. The number of nitrogens with zero attached hydrogens (tertiary/aromatic N) is 1. The zero-order valence-corrected chi connectivity index (χ0v) is 13.9. The van der Waals surface area contributed by atoms with Gasteiger partial charge in [0.15, 0.2) is 11.4 Å². The number of amides is 1. The summed E-state index contributed by atoms with van der Waals surface area (Å²) in [4.78, 5) is 30.2. The quantitative estimate of drug-likeness (QED) is 0.571. The molecule has 0 radical (unpaired) electrons. The molecule has 0 atom stereocenters. The van der Waals surface area contributed by atoms with Crippen LogP contribution in [-0.4, -0.2) is 38.6 Å². The van der Waals surface area contributed by atoms with Crippen LogP contribution in [0.3, 0.4) is 0 Å². The Morgan fingerprint density at radius 1 is 1.32 bits per heavy atom. The third-order valence-electron chi connectivity index (χ3n) is 3.77. The summed E-state index contributed by atoms with van der Waals surface area (Å²) in [6.45, 7) is 1.31. The van der Waals surface area contributed by atoms with Crippen LogP contribution in [0.4, 0.5) is 0 Å². The predicted molar refractivity (Wildman–Crippen MR) is 92.9 cm³/mol. The summed E-state index contributed by atoms with van der Waals surface area (Å²) in [6, 6.07) is 7.43. The molecule has 7 nitrogen and oxygen atoms in total. The Morgan fingerprint density at radius 3 is 2.72 bits per heavy atom. The number of benzene rings is 1. The molecule has 0 fully saturated rings. The number of pyridine rings is 1. The van der Waals surface area contributed by atoms with Crippen molar-refractivity contribution in [2.75, 3.05) is 6.54 Å². The minimum Gasteiger partial charge on any atom is -0.505 e. The van der Waals surface area contributed by atoms with Crippen LogP contribution in [0.2, 0.25) is 5.02 Å². The van der Waals surface area contributed by atoms with E-state index >= 15 is 0 Å². The van der Waals surface area contributed by atoms with Crippen LogP contribution in [0.25, 0.3) is 22.2 Å². The number of aromatic nitrogens is 2. The number of H-pyrrole nitrogens is 1. The van der Waals surface area contributed by atoms with E-state index < -0.39 is 24.2 Å². The predicted octanol–water partition coefficient (Wildman–Crippen LogP) is 2.71. The van der Waals surface area contributed by atoms with Crippen molar-refractivity contribution >= 4 is 34.4 Å². The van der Waals surface area contributed by atoms with Crippen molar-refractivity contribution in [1.82, 2.24) is 15.3 Å². The Morgan fingerprint density at radius 2 is 2.04 bits per heavy atom. The summed E-state index contributed by atoms with van der Waals surface area (Å²) in [5, 5.41) is 21.8. The Bertz CT molecular complexity index is 997. The molecule has 8 heteroatoms. The van der Waals surface area contributed by atoms with Gasteiger partial charge in [-0.3, -0.25) is 9.59 Å². The molecule has 0 bridgehead atoms. The van der Waals surface area contributed by atoms with Crippen molar-refractivity contribution in [1.29, 1.82) is 0 Å². The van der Waals surface area contributed by atoms with Crippen molar-refractivity contribution in [3.63, 3.8) is 0 Å². The zero-order chi connectivity index (χ0) is 18.1. The maximum absolute atomic E-state index is 12.3. The van der Waals surface area contributed by atoms with E-state index in [0.29, 0.717) is 11.2 Å². The molecule has 0 unspecified atom stereocenters. The number of halogens is 1. The smallest absolute Gasteiger partial charge is 0.322 e. The maximum Gasteiger partial charge on any atom is 0.322 e. The van der Waals surface area contributed by atoms with Gasteiger partial charge in [0.25, 0.3) is 5.91 Å². The standard InChI is InChI=1S/C17H14ClN3O4/c1-8-4-2-3-5-9(8)13-14-12(10(18)6-19-14)16(24)15(21-13)17(25)20-7-11(22)23/h2-6,19,24H,7H2,1H3,(H,20,25)(H,22,23). The molecule has 2 heterocycles. The van der Waals surface area contributed by atoms with Gasteiger partial charge in [-0.15, -0.1) is 0 Å². The van der Waals surface area contributed by atoms with Crippen LogP contribution in [-0.2, 0) is 4.79 Å². The lowest BCUT2D eigenvalue weighted by Crippen LogP contribution is -2.30. The lowest BCUT2D eigenvalue weighted by Gasteiger charge is -2.11. The molecular weight excluding hydrogens is 346 g/mol. The SMILES string of the molecule is Cc1ccccc1-c1nc(C(=O)NCC(=O)O)c(O)c2c(Cl)c[nH]c12. The molecule has 2 aromatic heterocycles. The molecule has 0 saturated heterocycles. The molecule has 0 aliphatic heterocycles. The average molecular weight is 360 g/mol. The molecule has 0 spiro atoms. The molecule has 1 amide bonds. The molecule has 3 rings (SSSR count). The molecule has 3 aromatic rings. The van der Waals surface area contributed by atoms with E-state index in [0.717, 1.165) is 11.1 Å². The van der Waals surface area contributed by atoms with Crippen molar-refractivity contribution in [3.8, 4) is 17.0 Å². The number of rotatable bonds is 4. The van der Waals surface area contributed by atoms with Crippen LogP contribution in [0.15, 0.2) is 30.5 Å². The third-order valence-corrected chi connectivity index (χ3v) is 4.07. The van der Waals surface area contributed by atoms with Gasteiger partial charge in [0.05, 0.1) is 21.6 Å². The number of hydrogen-bond donors (Lipinski definition) is 4. The van der Waals surface area contributed by atoms with E-state index in [-0.39, 0.29) is 16.1 Å². The second-order valence-electron chi connectivity index (χ2n) is 5.44. The van der Waals surface area contributed by atoms with E-state index in [9.17, 15) is 14.7 Å². The van der Waals surface area contributed by atoms with E-state index in [1.54, 1.807) is 0 Å². The number of aromatic amines is 1. The third kappa shape index (κ3) is 3.01. The first-order valence-electron chi connectivity index (χ1n) is 7.35. The van der Waals surface area contributed by atoms with E-state index in [1.807, 2.05) is 31.2 Å². The number of aryl methyl sites for hydroxylation is 1. The number of carbonyl (C=O) groups excluding carboxylic acids is 1. The van der Waals surface area contributed by atoms with Crippen LogP contribution >= 0.6 is 11.6 Å². The summed E-state index contributed by atoms with van der Waals surface area (Å²) >= 11 is 6.14. The number of carboxylic acids is 1. The van der Waals surface area contributed by atoms with Gasteiger partial charge in [0.2, 0.25) is 0 Å². The lowest BCUT2D eigenvalue weighted by molar-refractivity contribution is -0.135.